The van der Waals surface area contributed by atoms with Crippen LogP contribution in [0.4, 0.5) is 39.8 Å². The number of hydrogen-bond donors (Lipinski definition) is 4. The minimum absolute atomic E-state index is 0.0939. The van der Waals surface area contributed by atoms with E-state index in [1.807, 2.05) is 13.0 Å². The number of alkyl halides is 3. The number of anilines is 3. The number of nitrogens with one attached hydrogen (secondary N) is 2. The molecule has 5 N–H and O–H groups in total. The van der Waals surface area contributed by atoms with Crippen molar-refractivity contribution >= 4 is 46.8 Å². The predicted molar refractivity (Wildman–Crippen MR) is 190 cm³/mol. The van der Waals surface area contributed by atoms with E-state index in [-0.39, 0.29) is 22.8 Å². The van der Waals surface area contributed by atoms with Crippen LogP contribution in [0.25, 0.3) is 0 Å². The fourth-order valence-corrected chi connectivity index (χ4v) is 7.04. The Hall–Kier alpha value is -4.71. The first-order chi connectivity index (χ1) is 25.3. The minimum Gasteiger partial charge on any atom is -0.495 e. The third kappa shape index (κ3) is 8.97. The average molecular weight is 783 g/mol. The second kappa shape index (κ2) is 15.6. The van der Waals surface area contributed by atoms with Gasteiger partial charge >= 0.3 is 18.5 Å². The zero-order valence-corrected chi connectivity index (χ0v) is 31.0. The normalized spacial score (nSPS) is 30.5. The zero-order chi connectivity index (χ0) is 39.7. The van der Waals surface area contributed by atoms with Crippen LogP contribution >= 0.6 is 11.6 Å². The molecule has 3 amide bonds. The smallest absolute Gasteiger partial charge is 0.495 e. The number of aliphatic hydroxyl groups is 1. The maximum atomic E-state index is 14.0. The zero-order valence-electron chi connectivity index (χ0n) is 30.3. The number of nitrogen functional groups attached to an aromatic ring is 1. The third-order valence-corrected chi connectivity index (χ3v) is 10.1. The highest BCUT2D eigenvalue weighted by Crippen LogP contribution is 2.49. The quantitative estimate of drug-likeness (QED) is 0.211. The van der Waals surface area contributed by atoms with Crippen LogP contribution in [0.1, 0.15) is 39.2 Å². The van der Waals surface area contributed by atoms with Gasteiger partial charge in [0.25, 0.3) is 0 Å². The molecule has 3 aliphatic rings. The molecule has 7 atom stereocenters. The summed E-state index contributed by atoms with van der Waals surface area (Å²) < 4.78 is 70.7. The van der Waals surface area contributed by atoms with Gasteiger partial charge in [0.2, 0.25) is 5.91 Å². The molecule has 0 spiro atoms. The van der Waals surface area contributed by atoms with Gasteiger partial charge in [0.15, 0.2) is 5.72 Å². The van der Waals surface area contributed by atoms with Crippen LogP contribution in [0.3, 0.4) is 0 Å². The van der Waals surface area contributed by atoms with E-state index in [9.17, 15) is 32.7 Å². The molecule has 294 valence electrons. The number of alkyl carbamates (subject to hydrolysis) is 1. The fraction of sp³-hybridized carbons (Fsp3) is 0.472. The van der Waals surface area contributed by atoms with Crippen LogP contribution in [0.5, 0.6) is 11.5 Å². The fourth-order valence-electron chi connectivity index (χ4n) is 6.73. The van der Waals surface area contributed by atoms with Gasteiger partial charge < -0.3 is 44.2 Å². The first kappa shape index (κ1) is 40.5. The predicted octanol–water partition coefficient (Wildman–Crippen LogP) is 5.85. The van der Waals surface area contributed by atoms with E-state index in [4.69, 9.17) is 41.0 Å². The number of fused-ring (bicyclic) bond motifs is 5. The lowest BCUT2D eigenvalue weighted by Gasteiger charge is -2.42. The van der Waals surface area contributed by atoms with E-state index in [0.29, 0.717) is 17.9 Å². The highest BCUT2D eigenvalue weighted by molar-refractivity contribution is 6.35. The Kier molecular flexibility index (Phi) is 11.7. The lowest BCUT2D eigenvalue weighted by molar-refractivity contribution is -0.274. The number of carbonyl (C=O) groups excluding carboxylic acids is 3. The number of nitrogens with zero attached hydrogens (tertiary/aromatic N) is 1. The summed E-state index contributed by atoms with van der Waals surface area (Å²) in [6.45, 7) is 5.21. The van der Waals surface area contributed by atoms with Gasteiger partial charge in [-0.15, -0.1) is 13.2 Å². The van der Waals surface area contributed by atoms with Gasteiger partial charge in [0.1, 0.15) is 40.4 Å². The topological polar surface area (TPSA) is 183 Å². The van der Waals surface area contributed by atoms with E-state index in [1.54, 1.807) is 38.1 Å². The Morgan fingerprint density at radius 3 is 2.57 bits per heavy atom. The number of methoxy groups -OCH3 is 2. The van der Waals surface area contributed by atoms with Crippen molar-refractivity contribution in [2.45, 2.75) is 82.1 Å². The lowest BCUT2D eigenvalue weighted by atomic mass is 9.83. The van der Waals surface area contributed by atoms with Crippen LogP contribution in [0.2, 0.25) is 5.02 Å². The molecular formula is C36H42ClF3N4O10. The molecule has 3 aliphatic heterocycles. The SMILES string of the molecule is COc1cc2cc(c1Cl)N(C)C(=O)C[C@H](OC(=O)Nc1ccc(OC(F)(F)F)cc1N)[C@]1(C)O[C@H]1[C@H](C)[C@@H]1C[C@@](O)(NC(=O)O1)[C@H](OC)/C=C/C=C(\C)C2. The molecule has 14 nitrogen and oxygen atoms in total. The van der Waals surface area contributed by atoms with E-state index < -0.39 is 78.3 Å². The summed E-state index contributed by atoms with van der Waals surface area (Å²) in [5.41, 5.74) is 4.25. The minimum atomic E-state index is -4.96. The second-order valence-corrected chi connectivity index (χ2v) is 14.0. The van der Waals surface area contributed by atoms with Crippen molar-refractivity contribution in [3.05, 3.63) is 64.7 Å². The monoisotopic (exact) mass is 782 g/mol. The molecular weight excluding hydrogens is 741 g/mol. The summed E-state index contributed by atoms with van der Waals surface area (Å²) in [4.78, 5) is 41.5. The summed E-state index contributed by atoms with van der Waals surface area (Å²) in [7, 11) is 4.33. The maximum Gasteiger partial charge on any atom is 0.573 e. The molecule has 2 saturated heterocycles. The van der Waals surface area contributed by atoms with Crippen molar-refractivity contribution in [3.63, 3.8) is 0 Å². The van der Waals surface area contributed by atoms with Crippen molar-refractivity contribution < 1.29 is 61.1 Å². The van der Waals surface area contributed by atoms with Crippen molar-refractivity contribution in [1.82, 2.24) is 5.32 Å². The van der Waals surface area contributed by atoms with Crippen molar-refractivity contribution in [2.24, 2.45) is 5.92 Å². The highest BCUT2D eigenvalue weighted by atomic mass is 35.5. The number of rotatable bonds is 5. The number of hydrogen-bond acceptors (Lipinski definition) is 11. The first-order valence-electron chi connectivity index (χ1n) is 16.8. The summed E-state index contributed by atoms with van der Waals surface area (Å²) in [5.74, 6) is -1.45. The molecule has 2 aromatic carbocycles. The number of amides is 3. The third-order valence-electron chi connectivity index (χ3n) is 9.69. The van der Waals surface area contributed by atoms with Gasteiger partial charge in [-0.1, -0.05) is 42.3 Å². The van der Waals surface area contributed by atoms with Gasteiger partial charge in [-0.3, -0.25) is 15.4 Å². The van der Waals surface area contributed by atoms with Gasteiger partial charge in [-0.05, 0) is 50.1 Å². The maximum absolute atomic E-state index is 14.0. The Morgan fingerprint density at radius 2 is 1.93 bits per heavy atom. The van der Waals surface area contributed by atoms with Gasteiger partial charge in [0.05, 0.1) is 36.7 Å². The van der Waals surface area contributed by atoms with Crippen molar-refractivity contribution in [2.75, 3.05) is 37.2 Å². The van der Waals surface area contributed by atoms with Crippen molar-refractivity contribution in [1.29, 1.82) is 0 Å². The molecule has 0 saturated carbocycles. The summed E-state index contributed by atoms with van der Waals surface area (Å²) in [5, 5.41) is 16.7. The molecule has 18 heteroatoms. The largest absolute Gasteiger partial charge is 0.573 e. The Balaban J connectivity index is 1.51. The second-order valence-electron chi connectivity index (χ2n) is 13.6. The summed E-state index contributed by atoms with van der Waals surface area (Å²) in [6.07, 6.45) is -5.96. The first-order valence-corrected chi connectivity index (χ1v) is 17.2. The molecule has 3 heterocycles. The lowest BCUT2D eigenvalue weighted by Crippen LogP contribution is -2.63. The van der Waals surface area contributed by atoms with Gasteiger partial charge in [-0.25, -0.2) is 9.59 Å². The molecule has 0 unspecified atom stereocenters. The number of nitrogens with two attached hydrogens (primary N) is 1. The van der Waals surface area contributed by atoms with Crippen LogP contribution in [-0.2, 0) is 30.2 Å². The van der Waals surface area contributed by atoms with E-state index in [2.05, 4.69) is 15.4 Å². The van der Waals surface area contributed by atoms with Gasteiger partial charge in [0, 0.05) is 32.6 Å². The number of allylic oxidation sites excluding steroid dienone is 3. The molecule has 0 aliphatic carbocycles. The molecule has 5 rings (SSSR count). The van der Waals surface area contributed by atoms with E-state index in [1.165, 1.54) is 26.2 Å². The Labute approximate surface area is 314 Å². The van der Waals surface area contributed by atoms with Crippen LogP contribution in [-0.4, -0.2) is 86.6 Å². The molecule has 54 heavy (non-hydrogen) atoms. The molecule has 2 aromatic rings. The summed E-state index contributed by atoms with van der Waals surface area (Å²) in [6, 6.07) is 6.39. The molecule has 0 aromatic heterocycles. The molecule has 4 bridgehead atoms. The number of ether oxygens (including phenoxy) is 6. The van der Waals surface area contributed by atoms with Gasteiger partial charge in [-0.2, -0.15) is 0 Å². The molecule has 2 fully saturated rings. The number of carbonyl (C=O) groups is 3. The number of halogens is 4. The summed E-state index contributed by atoms with van der Waals surface area (Å²) >= 11 is 6.70. The van der Waals surface area contributed by atoms with Crippen molar-refractivity contribution in [3.8, 4) is 11.5 Å². The number of epoxide rings is 1. The van der Waals surface area contributed by atoms with Crippen LogP contribution in [0, 0.1) is 5.92 Å². The van der Waals surface area contributed by atoms with Crippen LogP contribution < -0.4 is 30.7 Å². The standard InChI is InChI=1S/C36H42ClF3N4O10/c1-18-8-7-9-27(50-6)35(48)17-26(51-33(47)43-35)19(2)31-34(3,54-31)28(16-29(45)44(4)24-13-20(12-18)14-25(49-5)30(24)37)52-32(46)42-23-11-10-21(15-22(23)41)53-36(38,39)40/h7-11,13-15,19,26-28,31,48H,12,16-17,41H2,1-6H3,(H,42,46)(H,43,47)/b9-7+,18-8+/t19-,26+,27-,28+,31+,34+,35+/m1/s1. The highest BCUT2D eigenvalue weighted by Gasteiger charge is 2.64. The van der Waals surface area contributed by atoms with E-state index >= 15 is 0 Å². The van der Waals surface area contributed by atoms with E-state index in [0.717, 1.165) is 29.3 Å². The Morgan fingerprint density at radius 1 is 1.20 bits per heavy atom. The Bertz CT molecular complexity index is 1840. The number of benzene rings is 2. The molecule has 0 radical (unpaired) electrons. The average Bonchev–Trinajstić information content (AvgIpc) is 3.78. The van der Waals surface area contributed by atoms with Crippen LogP contribution in [0.15, 0.2) is 54.1 Å².